The summed E-state index contributed by atoms with van der Waals surface area (Å²) in [4.78, 5) is 21.2. The first-order valence-corrected chi connectivity index (χ1v) is 9.37. The number of amides is 1. The van der Waals surface area contributed by atoms with Crippen molar-refractivity contribution in [2.24, 2.45) is 0 Å². The lowest BCUT2D eigenvalue weighted by molar-refractivity contribution is 0.0787. The Morgan fingerprint density at radius 3 is 2.68 bits per heavy atom. The van der Waals surface area contributed by atoms with Gasteiger partial charge in [0.15, 0.2) is 5.65 Å². The van der Waals surface area contributed by atoms with Crippen LogP contribution in [0.5, 0.6) is 0 Å². The Morgan fingerprint density at radius 2 is 2.00 bits per heavy atom. The number of fused-ring (bicyclic) bond motifs is 1. The van der Waals surface area contributed by atoms with Gasteiger partial charge in [0.05, 0.1) is 6.20 Å². The van der Waals surface area contributed by atoms with Crippen LogP contribution in [-0.2, 0) is 13.1 Å². The van der Waals surface area contributed by atoms with Gasteiger partial charge in [-0.3, -0.25) is 9.69 Å². The zero-order valence-electron chi connectivity index (χ0n) is 14.8. The average molecular weight is 357 g/mol. The van der Waals surface area contributed by atoms with Crippen LogP contribution in [0.4, 0.5) is 0 Å². The van der Waals surface area contributed by atoms with Crippen LogP contribution in [-0.4, -0.2) is 50.4 Å². The van der Waals surface area contributed by atoms with Gasteiger partial charge in [0.2, 0.25) is 0 Å². The van der Waals surface area contributed by atoms with Crippen LogP contribution in [0.2, 0.25) is 0 Å². The van der Waals surface area contributed by atoms with Gasteiger partial charge in [0.1, 0.15) is 5.56 Å². The summed E-state index contributed by atoms with van der Waals surface area (Å²) in [5.41, 5.74) is 3.36. The molecule has 0 N–H and O–H groups in total. The van der Waals surface area contributed by atoms with Gasteiger partial charge in [0, 0.05) is 38.1 Å². The Morgan fingerprint density at radius 1 is 1.20 bits per heavy atom. The lowest BCUT2D eigenvalue weighted by Gasteiger charge is -2.17. The molecule has 7 heteroatoms. The summed E-state index contributed by atoms with van der Waals surface area (Å²) in [6.45, 7) is 7.68. The molecular formula is C18H23N5OS. The lowest BCUT2D eigenvalue weighted by Crippen LogP contribution is -2.26. The number of hydrogen-bond acceptors (Lipinski definition) is 5. The van der Waals surface area contributed by atoms with E-state index in [-0.39, 0.29) is 5.91 Å². The Balaban J connectivity index is 1.79. The second kappa shape index (κ2) is 7.76. The van der Waals surface area contributed by atoms with Crippen molar-refractivity contribution in [3.63, 3.8) is 0 Å². The largest absolute Gasteiger partial charge is 0.337 e. The number of nitrogens with zero attached hydrogens (tertiary/aromatic N) is 5. The van der Waals surface area contributed by atoms with Gasteiger partial charge in [-0.15, -0.1) is 0 Å². The maximum absolute atomic E-state index is 12.7. The van der Waals surface area contributed by atoms with Crippen LogP contribution >= 0.6 is 11.3 Å². The molecule has 3 aromatic heterocycles. The Labute approximate surface area is 151 Å². The van der Waals surface area contributed by atoms with Gasteiger partial charge >= 0.3 is 0 Å². The number of rotatable bonds is 7. The predicted molar refractivity (Wildman–Crippen MR) is 99.7 cm³/mol. The molecule has 0 saturated carbocycles. The summed E-state index contributed by atoms with van der Waals surface area (Å²) in [6, 6.07) is 2.03. The van der Waals surface area contributed by atoms with Gasteiger partial charge < -0.3 is 4.90 Å². The summed E-state index contributed by atoms with van der Waals surface area (Å²) >= 11 is 1.63. The third-order valence-corrected chi connectivity index (χ3v) is 5.02. The minimum atomic E-state index is -0.0646. The zero-order chi connectivity index (χ0) is 17.8. The van der Waals surface area contributed by atoms with Crippen molar-refractivity contribution in [3.8, 4) is 0 Å². The number of hydrogen-bond donors (Lipinski definition) is 0. The maximum Gasteiger partial charge on any atom is 0.259 e. The van der Waals surface area contributed by atoms with Crippen molar-refractivity contribution >= 4 is 22.9 Å². The van der Waals surface area contributed by atoms with Gasteiger partial charge in [-0.1, -0.05) is 13.8 Å². The highest BCUT2D eigenvalue weighted by atomic mass is 32.1. The molecule has 25 heavy (non-hydrogen) atoms. The van der Waals surface area contributed by atoms with E-state index in [1.165, 1.54) is 0 Å². The molecular weight excluding hydrogens is 334 g/mol. The van der Waals surface area contributed by atoms with Gasteiger partial charge in [0.25, 0.3) is 5.91 Å². The number of aromatic nitrogens is 3. The van der Waals surface area contributed by atoms with Crippen LogP contribution in [0, 0.1) is 0 Å². The van der Waals surface area contributed by atoms with E-state index in [2.05, 4.69) is 34.2 Å². The predicted octanol–water partition coefficient (Wildman–Crippen LogP) is 2.90. The third-order valence-electron chi connectivity index (χ3n) is 4.29. The van der Waals surface area contributed by atoms with Gasteiger partial charge in [-0.05, 0) is 35.5 Å². The molecule has 0 fully saturated rings. The van der Waals surface area contributed by atoms with Crippen LogP contribution in [0.25, 0.3) is 5.65 Å². The second-order valence-electron chi connectivity index (χ2n) is 6.04. The number of carbonyl (C=O) groups is 1. The van der Waals surface area contributed by atoms with Crippen molar-refractivity contribution in [1.29, 1.82) is 0 Å². The standard InChI is InChI=1S/C18H23N5OS/c1-4-22(5-2)11-15-8-19-17-16(9-20-23(17)12-15)18(24)21(3)10-14-6-7-25-13-14/h6-9,12-13H,4-5,10-11H2,1-3H3. The SMILES string of the molecule is CCN(CC)Cc1cnc2c(C(=O)N(C)Cc3ccsc3)cnn2c1. The average Bonchev–Trinajstić information content (AvgIpc) is 3.28. The first kappa shape index (κ1) is 17.6. The van der Waals surface area contributed by atoms with Crippen molar-refractivity contribution in [2.75, 3.05) is 20.1 Å². The molecule has 0 atom stereocenters. The molecule has 3 heterocycles. The summed E-state index contributed by atoms with van der Waals surface area (Å²) < 4.78 is 1.70. The fraction of sp³-hybridized carbons (Fsp3) is 0.389. The van der Waals surface area contributed by atoms with Crippen LogP contribution in [0.3, 0.4) is 0 Å². The van der Waals surface area contributed by atoms with E-state index in [9.17, 15) is 4.79 Å². The Bertz CT molecular complexity index is 838. The molecule has 0 bridgehead atoms. The summed E-state index contributed by atoms with van der Waals surface area (Å²) in [7, 11) is 1.80. The third kappa shape index (κ3) is 3.88. The normalized spacial score (nSPS) is 11.4. The highest BCUT2D eigenvalue weighted by Gasteiger charge is 2.18. The molecule has 0 aromatic carbocycles. The number of thiophene rings is 1. The van der Waals surface area contributed by atoms with E-state index < -0.39 is 0 Å². The monoisotopic (exact) mass is 357 g/mol. The summed E-state index contributed by atoms with van der Waals surface area (Å²) in [5, 5.41) is 8.40. The van der Waals surface area contributed by atoms with Crippen LogP contribution in [0.15, 0.2) is 35.4 Å². The minimum absolute atomic E-state index is 0.0646. The minimum Gasteiger partial charge on any atom is -0.337 e. The van der Waals surface area contributed by atoms with E-state index in [1.807, 2.05) is 23.8 Å². The summed E-state index contributed by atoms with van der Waals surface area (Å²) in [6.07, 6.45) is 5.40. The van der Waals surface area contributed by atoms with Crippen molar-refractivity contribution in [1.82, 2.24) is 24.4 Å². The van der Waals surface area contributed by atoms with Crippen molar-refractivity contribution in [2.45, 2.75) is 26.9 Å². The maximum atomic E-state index is 12.7. The molecule has 0 aliphatic carbocycles. The van der Waals surface area contributed by atoms with E-state index in [0.29, 0.717) is 17.8 Å². The molecule has 0 aliphatic rings. The highest BCUT2D eigenvalue weighted by molar-refractivity contribution is 7.07. The highest BCUT2D eigenvalue weighted by Crippen LogP contribution is 2.15. The molecule has 6 nitrogen and oxygen atoms in total. The quantitative estimate of drug-likeness (QED) is 0.652. The van der Waals surface area contributed by atoms with Crippen molar-refractivity contribution < 1.29 is 4.79 Å². The lowest BCUT2D eigenvalue weighted by atomic mass is 10.2. The molecule has 0 spiro atoms. The van der Waals surface area contributed by atoms with Crippen molar-refractivity contribution in [3.05, 3.63) is 52.1 Å². The van der Waals surface area contributed by atoms with E-state index in [1.54, 1.807) is 34.0 Å². The first-order chi connectivity index (χ1) is 12.1. The van der Waals surface area contributed by atoms with Crippen LogP contribution < -0.4 is 0 Å². The van der Waals surface area contributed by atoms with Crippen LogP contribution in [0.1, 0.15) is 35.3 Å². The molecule has 3 aromatic rings. The van der Waals surface area contributed by atoms with Gasteiger partial charge in [-0.25, -0.2) is 9.50 Å². The topological polar surface area (TPSA) is 53.7 Å². The molecule has 0 radical (unpaired) electrons. The Hall–Kier alpha value is -2.25. The Kier molecular flexibility index (Phi) is 5.45. The molecule has 1 amide bonds. The fourth-order valence-electron chi connectivity index (χ4n) is 2.79. The molecule has 0 unspecified atom stereocenters. The molecule has 0 saturated heterocycles. The van der Waals surface area contributed by atoms with E-state index in [0.717, 1.165) is 30.8 Å². The first-order valence-electron chi connectivity index (χ1n) is 8.43. The van der Waals surface area contributed by atoms with E-state index in [4.69, 9.17) is 0 Å². The van der Waals surface area contributed by atoms with E-state index >= 15 is 0 Å². The summed E-state index contributed by atoms with van der Waals surface area (Å²) in [5.74, 6) is -0.0646. The smallest absolute Gasteiger partial charge is 0.259 e. The number of carbonyl (C=O) groups excluding carboxylic acids is 1. The molecule has 3 rings (SSSR count). The fourth-order valence-corrected chi connectivity index (χ4v) is 3.45. The van der Waals surface area contributed by atoms with Gasteiger partial charge in [-0.2, -0.15) is 16.4 Å². The molecule has 132 valence electrons. The zero-order valence-corrected chi connectivity index (χ0v) is 15.7. The molecule has 0 aliphatic heterocycles. The second-order valence-corrected chi connectivity index (χ2v) is 6.82.